The van der Waals surface area contributed by atoms with Gasteiger partial charge in [-0.05, 0) is 33.1 Å². The van der Waals surface area contributed by atoms with Crippen LogP contribution < -0.4 is 24.8 Å². The molecular formula is C50H62Cl2Zr-2. The number of benzene rings is 3. The van der Waals surface area contributed by atoms with Gasteiger partial charge in [0, 0.05) is 10.8 Å². The van der Waals surface area contributed by atoms with Crippen molar-refractivity contribution in [1.82, 2.24) is 0 Å². The van der Waals surface area contributed by atoms with E-state index in [4.69, 9.17) is 0 Å². The molecule has 3 aliphatic rings. The Labute approximate surface area is 350 Å². The van der Waals surface area contributed by atoms with Gasteiger partial charge >= 0.3 is 76.7 Å². The first-order valence-electron chi connectivity index (χ1n) is 18.9. The molecule has 0 aliphatic heterocycles. The van der Waals surface area contributed by atoms with E-state index in [-0.39, 0.29) is 46.5 Å². The second kappa shape index (κ2) is 15.8. The molecule has 1 unspecified atom stereocenters. The number of halogens is 2. The third-order valence-electron chi connectivity index (χ3n) is 10.9. The van der Waals surface area contributed by atoms with E-state index in [1.54, 1.807) is 0 Å². The van der Waals surface area contributed by atoms with Crippen LogP contribution >= 0.6 is 0 Å². The van der Waals surface area contributed by atoms with E-state index >= 15 is 0 Å². The minimum absolute atomic E-state index is 0. The van der Waals surface area contributed by atoms with Crippen molar-refractivity contribution in [3.8, 4) is 0 Å². The Kier molecular flexibility index (Phi) is 13.4. The molecule has 0 aromatic heterocycles. The van der Waals surface area contributed by atoms with E-state index in [1.165, 1.54) is 99.1 Å². The van der Waals surface area contributed by atoms with Gasteiger partial charge in [-0.3, -0.25) is 6.08 Å². The van der Waals surface area contributed by atoms with E-state index in [0.29, 0.717) is 11.3 Å². The number of fused-ring (bicyclic) bond motifs is 5. The Hall–Kier alpha value is -2.18. The van der Waals surface area contributed by atoms with Gasteiger partial charge < -0.3 is 24.8 Å². The first-order chi connectivity index (χ1) is 23.3. The Morgan fingerprint density at radius 1 is 0.679 bits per heavy atom. The second-order valence-corrected chi connectivity index (χ2v) is 21.5. The SMILES string of the molecule is CC(C)(C)C1=CC(C)(C)c2cc3[cH-]c4cc5c(cc4c3cc21)C(C(C)(C)C)=CC5(C)C.CC1[C-]=CC(C(C)(C)C)=C1.C[C](=[Zr+2])c1ccc(C)cc1.[Cl-].[Cl-]. The van der Waals surface area contributed by atoms with Crippen LogP contribution in [0.25, 0.3) is 32.7 Å². The third kappa shape index (κ3) is 9.62. The van der Waals surface area contributed by atoms with Gasteiger partial charge in [-0.25, -0.2) is 6.08 Å². The smallest absolute Gasteiger partial charge is 1.00 e. The van der Waals surface area contributed by atoms with Crippen molar-refractivity contribution in [1.29, 1.82) is 0 Å². The predicted molar refractivity (Wildman–Crippen MR) is 223 cm³/mol. The van der Waals surface area contributed by atoms with E-state index in [2.05, 4.69) is 196 Å². The normalized spacial score (nSPS) is 18.0. The maximum Gasteiger partial charge on any atom is -1.00 e. The molecule has 0 saturated carbocycles. The predicted octanol–water partition coefficient (Wildman–Crippen LogP) is 8.21. The molecule has 0 amide bonds. The fourth-order valence-electron chi connectivity index (χ4n) is 7.75. The van der Waals surface area contributed by atoms with Crippen molar-refractivity contribution in [2.45, 2.75) is 122 Å². The fraction of sp³-hybridized carbons (Fsp3) is 0.440. The summed E-state index contributed by atoms with van der Waals surface area (Å²) in [5.41, 5.74) is 13.7. The molecule has 4 aromatic carbocycles. The van der Waals surface area contributed by atoms with Crippen LogP contribution in [0.15, 0.2) is 84.5 Å². The molecule has 4 aromatic rings. The minimum atomic E-state index is 0. The first-order valence-corrected chi connectivity index (χ1v) is 20.2. The molecule has 7 rings (SSSR count). The Morgan fingerprint density at radius 2 is 1.09 bits per heavy atom. The zero-order valence-electron chi connectivity index (χ0n) is 35.3. The van der Waals surface area contributed by atoms with Crippen molar-refractivity contribution in [3.63, 3.8) is 0 Å². The van der Waals surface area contributed by atoms with Gasteiger partial charge in [0.2, 0.25) is 0 Å². The van der Waals surface area contributed by atoms with Gasteiger partial charge in [0.05, 0.1) is 0 Å². The largest absolute Gasteiger partial charge is 1.00 e. The number of allylic oxidation sites excluding steroid dienone is 8. The summed E-state index contributed by atoms with van der Waals surface area (Å²) in [7, 11) is 0. The van der Waals surface area contributed by atoms with Gasteiger partial charge in [-0.15, -0.1) is 39.7 Å². The molecule has 0 spiro atoms. The van der Waals surface area contributed by atoms with Crippen LogP contribution in [0.4, 0.5) is 0 Å². The van der Waals surface area contributed by atoms with Gasteiger partial charge in [0.25, 0.3) is 0 Å². The molecule has 0 radical (unpaired) electrons. The van der Waals surface area contributed by atoms with Gasteiger partial charge in [-0.2, -0.15) is 11.6 Å². The van der Waals surface area contributed by atoms with E-state index in [0.717, 1.165) is 0 Å². The van der Waals surface area contributed by atoms with Crippen LogP contribution in [0.1, 0.15) is 137 Å². The molecule has 0 fully saturated rings. The van der Waals surface area contributed by atoms with Crippen molar-refractivity contribution < 1.29 is 49.0 Å². The molecule has 0 nitrogen and oxygen atoms in total. The number of hydrogen-bond donors (Lipinski definition) is 0. The molecular weight excluding hydrogens is 763 g/mol. The average molecular weight is 825 g/mol. The van der Waals surface area contributed by atoms with E-state index < -0.39 is 0 Å². The number of aryl methyl sites for hydroxylation is 1. The summed E-state index contributed by atoms with van der Waals surface area (Å²) in [5.74, 6) is 0.522. The third-order valence-corrected chi connectivity index (χ3v) is 11.6. The zero-order chi connectivity index (χ0) is 38.1. The molecule has 53 heavy (non-hydrogen) atoms. The van der Waals surface area contributed by atoms with Crippen LogP contribution in [-0.2, 0) is 35.1 Å². The summed E-state index contributed by atoms with van der Waals surface area (Å²) >= 11 is 1.51. The molecule has 0 saturated heterocycles. The number of rotatable bonds is 1. The van der Waals surface area contributed by atoms with Crippen molar-refractivity contribution in [3.05, 3.63) is 124 Å². The topological polar surface area (TPSA) is 0 Å². The minimum Gasteiger partial charge on any atom is -1.00 e. The summed E-state index contributed by atoms with van der Waals surface area (Å²) in [6.45, 7) is 36.6. The van der Waals surface area contributed by atoms with Crippen molar-refractivity contribution >= 4 is 35.9 Å². The fourth-order valence-corrected chi connectivity index (χ4v) is 8.16. The maximum absolute atomic E-state index is 3.26. The van der Waals surface area contributed by atoms with Crippen molar-refractivity contribution in [2.75, 3.05) is 0 Å². The molecule has 0 heterocycles. The van der Waals surface area contributed by atoms with Crippen LogP contribution in [0.2, 0.25) is 0 Å². The zero-order valence-corrected chi connectivity index (χ0v) is 39.3. The molecule has 1 atom stereocenters. The first kappa shape index (κ1) is 45.2. The summed E-state index contributed by atoms with van der Waals surface area (Å²) in [6, 6.07) is 21.0. The number of hydrogen-bond acceptors (Lipinski definition) is 0. The Bertz CT molecular complexity index is 2020. The van der Waals surface area contributed by atoms with Gasteiger partial charge in [0.15, 0.2) is 0 Å². The Balaban J connectivity index is 0.000000283. The molecule has 0 bridgehead atoms. The van der Waals surface area contributed by atoms with Crippen LogP contribution in [0, 0.1) is 35.2 Å². The molecule has 3 aliphatic carbocycles. The molecule has 0 N–H and O–H groups in total. The average Bonchev–Trinajstić information content (AvgIpc) is 3.73. The van der Waals surface area contributed by atoms with E-state index in [9.17, 15) is 0 Å². The summed E-state index contributed by atoms with van der Waals surface area (Å²) < 4.78 is 1.46. The summed E-state index contributed by atoms with van der Waals surface area (Å²) in [5, 5.41) is 5.58. The molecule has 282 valence electrons. The van der Waals surface area contributed by atoms with Crippen LogP contribution in [0.5, 0.6) is 0 Å². The molecule has 3 heteroatoms. The summed E-state index contributed by atoms with van der Waals surface area (Å²) in [6.07, 6.45) is 12.7. The second-order valence-electron chi connectivity index (χ2n) is 19.6. The van der Waals surface area contributed by atoms with Crippen LogP contribution in [0.3, 0.4) is 0 Å². The monoisotopic (exact) mass is 822 g/mol. The quantitative estimate of drug-likeness (QED) is 0.170. The summed E-state index contributed by atoms with van der Waals surface area (Å²) in [4.78, 5) is 0. The van der Waals surface area contributed by atoms with E-state index in [1.807, 2.05) is 0 Å². The van der Waals surface area contributed by atoms with Crippen LogP contribution in [-0.4, -0.2) is 3.21 Å². The maximum atomic E-state index is 3.26. The standard InChI is InChI=1S/C31H37.C10H15.C9H10.2ClH.Zr/c1-28(2,3)26-16-30(7,8)24-12-18-11-19-13-25-23(15-21(19)20(18)14-22(24)26)27(29(4,5)6)17-31(25,9)10;1-8-5-6-9(7-8)10(2,3)4;1-3-9-6-4-8(2)5-7-9;;;/h11-17H,1-10H3;6-8H,1-4H3;4-7H,1-2H3;2*1H;/q2*-1;;;;+2/p-2. The van der Waals surface area contributed by atoms with Gasteiger partial charge in [-0.1, -0.05) is 144 Å². The van der Waals surface area contributed by atoms with Crippen molar-refractivity contribution in [2.24, 2.45) is 22.2 Å². The van der Waals surface area contributed by atoms with Gasteiger partial charge in [0.1, 0.15) is 0 Å². The Morgan fingerprint density at radius 3 is 1.40 bits per heavy atom.